The van der Waals surface area contributed by atoms with Gasteiger partial charge in [-0.1, -0.05) is 0 Å². The topological polar surface area (TPSA) is 171 Å². The van der Waals surface area contributed by atoms with Gasteiger partial charge in [0.1, 0.15) is 18.1 Å². The lowest BCUT2D eigenvalue weighted by Gasteiger charge is -2.22. The SMILES string of the molecule is CSCCC(NC(=O)C(C)NC(=O)CN)C(=O)NC(CO)C(=O)O. The summed E-state index contributed by atoms with van der Waals surface area (Å²) in [5.74, 6) is -2.69. The van der Waals surface area contributed by atoms with E-state index >= 15 is 0 Å². The third-order valence-electron chi connectivity index (χ3n) is 3.00. The van der Waals surface area contributed by atoms with Gasteiger partial charge in [-0.15, -0.1) is 0 Å². The molecule has 10 nitrogen and oxygen atoms in total. The highest BCUT2D eigenvalue weighted by atomic mass is 32.2. The van der Waals surface area contributed by atoms with Gasteiger partial charge < -0.3 is 31.9 Å². The van der Waals surface area contributed by atoms with Crippen molar-refractivity contribution in [2.24, 2.45) is 5.73 Å². The molecule has 0 spiro atoms. The molecule has 11 heteroatoms. The normalized spacial score (nSPS) is 14.2. The Morgan fingerprint density at radius 3 is 2.12 bits per heavy atom. The summed E-state index contributed by atoms with van der Waals surface area (Å²) in [4.78, 5) is 46.2. The number of amides is 3. The van der Waals surface area contributed by atoms with Crippen molar-refractivity contribution in [1.82, 2.24) is 16.0 Å². The van der Waals surface area contributed by atoms with E-state index in [2.05, 4.69) is 16.0 Å². The van der Waals surface area contributed by atoms with Crippen LogP contribution in [0.5, 0.6) is 0 Å². The molecule has 0 aliphatic rings. The standard InChI is InChI=1S/C13H24N4O6S/c1-7(15-10(19)5-14)11(20)16-8(3-4-24-2)12(21)17-9(6-18)13(22)23/h7-9,18H,3-6,14H2,1-2H3,(H,15,19)(H,16,20)(H,17,21)(H,22,23). The van der Waals surface area contributed by atoms with E-state index in [4.69, 9.17) is 15.9 Å². The number of carbonyl (C=O) groups excluding carboxylic acids is 3. The Bertz CT molecular complexity index is 462. The summed E-state index contributed by atoms with van der Waals surface area (Å²) >= 11 is 1.44. The maximum Gasteiger partial charge on any atom is 0.328 e. The Morgan fingerprint density at radius 2 is 1.67 bits per heavy atom. The van der Waals surface area contributed by atoms with Crippen LogP contribution >= 0.6 is 11.8 Å². The molecule has 0 aliphatic carbocycles. The van der Waals surface area contributed by atoms with E-state index in [9.17, 15) is 19.2 Å². The van der Waals surface area contributed by atoms with Crippen LogP contribution in [0, 0.1) is 0 Å². The summed E-state index contributed by atoms with van der Waals surface area (Å²) in [6.07, 6.45) is 2.07. The van der Waals surface area contributed by atoms with Crippen molar-refractivity contribution in [1.29, 1.82) is 0 Å². The number of hydrogen-bond acceptors (Lipinski definition) is 7. The molecular weight excluding hydrogens is 340 g/mol. The Kier molecular flexibility index (Phi) is 10.8. The molecule has 0 aromatic rings. The first-order valence-electron chi connectivity index (χ1n) is 7.19. The molecule has 0 fully saturated rings. The first-order valence-corrected chi connectivity index (χ1v) is 8.58. The third-order valence-corrected chi connectivity index (χ3v) is 3.64. The van der Waals surface area contributed by atoms with Gasteiger partial charge in [-0.05, 0) is 25.4 Å². The highest BCUT2D eigenvalue weighted by molar-refractivity contribution is 7.98. The minimum atomic E-state index is -1.46. The van der Waals surface area contributed by atoms with Crippen LogP contribution in [0.15, 0.2) is 0 Å². The van der Waals surface area contributed by atoms with E-state index in [1.54, 1.807) is 0 Å². The van der Waals surface area contributed by atoms with Gasteiger partial charge in [-0.2, -0.15) is 11.8 Å². The zero-order chi connectivity index (χ0) is 18.7. The number of aliphatic carboxylic acids is 1. The molecule has 3 amide bonds. The monoisotopic (exact) mass is 364 g/mol. The van der Waals surface area contributed by atoms with Gasteiger partial charge in [-0.3, -0.25) is 14.4 Å². The van der Waals surface area contributed by atoms with Crippen LogP contribution in [-0.4, -0.2) is 77.2 Å². The quantitative estimate of drug-likeness (QED) is 0.229. The predicted octanol–water partition coefficient (Wildman–Crippen LogP) is -2.75. The number of aliphatic hydroxyl groups is 1. The number of carboxylic acids is 1. The van der Waals surface area contributed by atoms with Gasteiger partial charge in [0.2, 0.25) is 17.7 Å². The molecule has 3 unspecified atom stereocenters. The summed E-state index contributed by atoms with van der Waals surface area (Å²) in [7, 11) is 0. The molecule has 0 bridgehead atoms. The summed E-state index contributed by atoms with van der Waals surface area (Å²) in [6, 6.07) is -3.35. The van der Waals surface area contributed by atoms with E-state index in [1.807, 2.05) is 6.26 Å². The van der Waals surface area contributed by atoms with E-state index in [1.165, 1.54) is 18.7 Å². The zero-order valence-electron chi connectivity index (χ0n) is 13.6. The van der Waals surface area contributed by atoms with Crippen LogP contribution in [0.3, 0.4) is 0 Å². The van der Waals surface area contributed by atoms with E-state index in [-0.39, 0.29) is 13.0 Å². The van der Waals surface area contributed by atoms with Crippen molar-refractivity contribution in [3.05, 3.63) is 0 Å². The minimum absolute atomic E-state index is 0.258. The number of carboxylic acid groups (broad SMARTS) is 1. The zero-order valence-corrected chi connectivity index (χ0v) is 14.4. The predicted molar refractivity (Wildman–Crippen MR) is 88.2 cm³/mol. The Hall–Kier alpha value is -1.85. The van der Waals surface area contributed by atoms with Crippen LogP contribution in [0.25, 0.3) is 0 Å². The molecule has 0 saturated carbocycles. The summed E-state index contributed by atoms with van der Waals surface area (Å²) in [6.45, 7) is 0.387. The van der Waals surface area contributed by atoms with Crippen molar-refractivity contribution in [3.63, 3.8) is 0 Å². The van der Waals surface area contributed by atoms with Crippen LogP contribution in [-0.2, 0) is 19.2 Å². The molecule has 24 heavy (non-hydrogen) atoms. The fourth-order valence-electron chi connectivity index (χ4n) is 1.62. The second-order valence-electron chi connectivity index (χ2n) is 4.92. The van der Waals surface area contributed by atoms with Gasteiger partial charge in [0.15, 0.2) is 0 Å². The number of thioether (sulfide) groups is 1. The second-order valence-corrected chi connectivity index (χ2v) is 5.90. The van der Waals surface area contributed by atoms with Gasteiger partial charge in [0.05, 0.1) is 13.2 Å². The smallest absolute Gasteiger partial charge is 0.328 e. The number of carbonyl (C=O) groups is 4. The van der Waals surface area contributed by atoms with Crippen molar-refractivity contribution in [2.75, 3.05) is 25.2 Å². The molecule has 0 heterocycles. The largest absolute Gasteiger partial charge is 0.480 e. The number of aliphatic hydroxyl groups excluding tert-OH is 1. The third kappa shape index (κ3) is 8.13. The first-order chi connectivity index (χ1) is 11.3. The lowest BCUT2D eigenvalue weighted by atomic mass is 10.1. The second kappa shape index (κ2) is 11.6. The number of hydrogen-bond donors (Lipinski definition) is 6. The molecule has 0 aromatic heterocycles. The first kappa shape index (κ1) is 22.1. The molecule has 3 atom stereocenters. The molecule has 7 N–H and O–H groups in total. The Morgan fingerprint density at radius 1 is 1.08 bits per heavy atom. The molecule has 0 saturated heterocycles. The van der Waals surface area contributed by atoms with Crippen LogP contribution in [0.4, 0.5) is 0 Å². The van der Waals surface area contributed by atoms with Crippen molar-refractivity contribution >= 4 is 35.5 Å². The minimum Gasteiger partial charge on any atom is -0.480 e. The fourth-order valence-corrected chi connectivity index (χ4v) is 2.10. The van der Waals surface area contributed by atoms with Crippen molar-refractivity contribution in [2.45, 2.75) is 31.5 Å². The van der Waals surface area contributed by atoms with E-state index in [0.29, 0.717) is 5.75 Å². The van der Waals surface area contributed by atoms with Crippen LogP contribution in [0.2, 0.25) is 0 Å². The van der Waals surface area contributed by atoms with E-state index < -0.39 is 48.4 Å². The highest BCUT2D eigenvalue weighted by Crippen LogP contribution is 2.02. The summed E-state index contributed by atoms with van der Waals surface area (Å²) < 4.78 is 0. The highest BCUT2D eigenvalue weighted by Gasteiger charge is 2.27. The average molecular weight is 364 g/mol. The maximum absolute atomic E-state index is 12.1. The molecule has 0 aromatic carbocycles. The van der Waals surface area contributed by atoms with Crippen molar-refractivity contribution in [3.8, 4) is 0 Å². The van der Waals surface area contributed by atoms with Crippen LogP contribution in [0.1, 0.15) is 13.3 Å². The van der Waals surface area contributed by atoms with Gasteiger partial charge in [0.25, 0.3) is 0 Å². The lowest BCUT2D eigenvalue weighted by molar-refractivity contribution is -0.143. The molecule has 0 rings (SSSR count). The average Bonchev–Trinajstić information content (AvgIpc) is 2.55. The molecule has 0 aliphatic heterocycles. The molecule has 0 radical (unpaired) electrons. The van der Waals surface area contributed by atoms with Gasteiger partial charge in [0, 0.05) is 0 Å². The van der Waals surface area contributed by atoms with Crippen LogP contribution < -0.4 is 21.7 Å². The Balaban J connectivity index is 4.86. The molecule has 138 valence electrons. The number of nitrogens with two attached hydrogens (primary N) is 1. The maximum atomic E-state index is 12.1. The number of nitrogens with one attached hydrogen (secondary N) is 3. The van der Waals surface area contributed by atoms with Gasteiger partial charge in [-0.25, -0.2) is 4.79 Å². The summed E-state index contributed by atoms with van der Waals surface area (Å²) in [5, 5.41) is 24.8. The lowest BCUT2D eigenvalue weighted by Crippen LogP contribution is -2.56. The van der Waals surface area contributed by atoms with E-state index in [0.717, 1.165) is 0 Å². The number of rotatable bonds is 11. The summed E-state index contributed by atoms with van der Waals surface area (Å²) in [5.41, 5.74) is 5.14. The molecular formula is C13H24N4O6S. The van der Waals surface area contributed by atoms with Gasteiger partial charge >= 0.3 is 5.97 Å². The van der Waals surface area contributed by atoms with Crippen molar-refractivity contribution < 1.29 is 29.4 Å². The fraction of sp³-hybridized carbons (Fsp3) is 0.692. The Labute approximate surface area is 143 Å².